The molecule has 0 spiro atoms. The van der Waals surface area contributed by atoms with E-state index in [-0.39, 0.29) is 10.8 Å². The molecule has 0 radical (unpaired) electrons. The number of amides is 1. The molecule has 184 valence electrons. The first-order valence-corrected chi connectivity index (χ1v) is 14.3. The van der Waals surface area contributed by atoms with Crippen LogP contribution in [-0.2, 0) is 16.6 Å². The Kier molecular flexibility index (Phi) is 8.84. The van der Waals surface area contributed by atoms with Gasteiger partial charge in [0.25, 0.3) is 5.91 Å². The van der Waals surface area contributed by atoms with E-state index in [0.717, 1.165) is 41.5 Å². The molecular formula is C26H35N3O3S2. The lowest BCUT2D eigenvalue weighted by atomic mass is 10.1. The van der Waals surface area contributed by atoms with Crippen LogP contribution in [0, 0.1) is 13.8 Å². The number of hydrogen-bond donors (Lipinski definition) is 0. The van der Waals surface area contributed by atoms with Crippen molar-refractivity contribution in [2.24, 2.45) is 4.99 Å². The van der Waals surface area contributed by atoms with E-state index in [4.69, 9.17) is 0 Å². The fourth-order valence-electron chi connectivity index (χ4n) is 4.06. The number of aromatic nitrogens is 1. The zero-order valence-corrected chi connectivity index (χ0v) is 22.4. The first kappa shape index (κ1) is 26.3. The standard InChI is InChI=1S/C26H35N3O3S2/c1-6-9-15-28(16-10-7-2)34(31,32)22-13-11-21(12-14-22)25(30)27-26-29(8-3)24-20(5)17-19(4)18-23(24)33-26/h11-14,17-18H,6-10,15-16H2,1-5H3. The first-order valence-electron chi connectivity index (χ1n) is 12.0. The number of carbonyl (C=O) groups excluding carboxylic acids is 1. The Bertz CT molecular complexity index is 1310. The topological polar surface area (TPSA) is 71.7 Å². The predicted octanol–water partition coefficient (Wildman–Crippen LogP) is 5.67. The third kappa shape index (κ3) is 5.67. The highest BCUT2D eigenvalue weighted by molar-refractivity contribution is 7.89. The molecule has 3 aromatic rings. The second kappa shape index (κ2) is 11.4. The first-order chi connectivity index (χ1) is 16.2. The van der Waals surface area contributed by atoms with Crippen molar-refractivity contribution in [1.82, 2.24) is 8.87 Å². The molecule has 34 heavy (non-hydrogen) atoms. The van der Waals surface area contributed by atoms with Gasteiger partial charge in [-0.25, -0.2) is 8.42 Å². The summed E-state index contributed by atoms with van der Waals surface area (Å²) in [5.41, 5.74) is 3.81. The molecule has 0 bridgehead atoms. The average Bonchev–Trinajstić information content (AvgIpc) is 3.16. The van der Waals surface area contributed by atoms with Crippen molar-refractivity contribution in [3.63, 3.8) is 0 Å². The highest BCUT2D eigenvalue weighted by Crippen LogP contribution is 2.23. The monoisotopic (exact) mass is 501 g/mol. The molecule has 0 atom stereocenters. The van der Waals surface area contributed by atoms with Gasteiger partial charge in [0, 0.05) is 25.2 Å². The Morgan fingerprint density at radius 2 is 1.62 bits per heavy atom. The number of nitrogens with zero attached hydrogens (tertiary/aromatic N) is 3. The van der Waals surface area contributed by atoms with Crippen molar-refractivity contribution in [1.29, 1.82) is 0 Å². The van der Waals surface area contributed by atoms with Gasteiger partial charge in [-0.05, 0) is 75.1 Å². The van der Waals surface area contributed by atoms with Crippen molar-refractivity contribution in [2.75, 3.05) is 13.1 Å². The summed E-state index contributed by atoms with van der Waals surface area (Å²) in [6, 6.07) is 10.4. The Hall–Kier alpha value is -2.29. The lowest BCUT2D eigenvalue weighted by molar-refractivity contribution is 0.0997. The fraction of sp³-hybridized carbons (Fsp3) is 0.462. The summed E-state index contributed by atoms with van der Waals surface area (Å²) in [6.07, 6.45) is 3.51. The van der Waals surface area contributed by atoms with E-state index in [1.165, 1.54) is 29.0 Å². The van der Waals surface area contributed by atoms with Crippen LogP contribution in [0.3, 0.4) is 0 Å². The third-order valence-corrected chi connectivity index (χ3v) is 8.82. The third-order valence-electron chi connectivity index (χ3n) is 5.89. The molecule has 1 aromatic heterocycles. The molecule has 3 rings (SSSR count). The van der Waals surface area contributed by atoms with Crippen molar-refractivity contribution in [3.05, 3.63) is 57.9 Å². The van der Waals surface area contributed by atoms with E-state index in [0.29, 0.717) is 30.0 Å². The number of carbonyl (C=O) groups is 1. The minimum Gasteiger partial charge on any atom is -0.316 e. The summed E-state index contributed by atoms with van der Waals surface area (Å²) in [6.45, 7) is 12.0. The Morgan fingerprint density at radius 3 is 2.18 bits per heavy atom. The van der Waals surface area contributed by atoms with Gasteiger partial charge in [0.05, 0.1) is 15.1 Å². The van der Waals surface area contributed by atoms with Gasteiger partial charge in [0.2, 0.25) is 10.0 Å². The summed E-state index contributed by atoms with van der Waals surface area (Å²) < 4.78 is 31.1. The second-order valence-corrected chi connectivity index (χ2v) is 11.6. The maximum atomic E-state index is 13.2. The van der Waals surface area contributed by atoms with E-state index in [9.17, 15) is 13.2 Å². The summed E-state index contributed by atoms with van der Waals surface area (Å²) in [4.78, 5) is 18.2. The van der Waals surface area contributed by atoms with Gasteiger partial charge < -0.3 is 4.57 Å². The zero-order chi connectivity index (χ0) is 24.9. The Morgan fingerprint density at radius 1 is 1.00 bits per heavy atom. The van der Waals surface area contributed by atoms with Gasteiger partial charge in [-0.15, -0.1) is 0 Å². The van der Waals surface area contributed by atoms with Crippen LogP contribution in [0.1, 0.15) is 67.9 Å². The van der Waals surface area contributed by atoms with Crippen molar-refractivity contribution in [3.8, 4) is 0 Å². The van der Waals surface area contributed by atoms with Crippen molar-refractivity contribution in [2.45, 2.75) is 71.7 Å². The molecule has 0 saturated carbocycles. The van der Waals surface area contributed by atoms with E-state index < -0.39 is 10.0 Å². The van der Waals surface area contributed by atoms with Gasteiger partial charge in [-0.2, -0.15) is 9.30 Å². The number of fused-ring (bicyclic) bond motifs is 1. The smallest absolute Gasteiger partial charge is 0.279 e. The van der Waals surface area contributed by atoms with Crippen LogP contribution in [0.4, 0.5) is 0 Å². The van der Waals surface area contributed by atoms with Crippen LogP contribution >= 0.6 is 11.3 Å². The molecule has 1 heterocycles. The molecule has 0 saturated heterocycles. The number of aryl methyl sites for hydroxylation is 3. The number of unbranched alkanes of at least 4 members (excludes halogenated alkanes) is 2. The molecule has 1 amide bonds. The van der Waals surface area contributed by atoms with E-state index >= 15 is 0 Å². The zero-order valence-electron chi connectivity index (χ0n) is 20.8. The second-order valence-electron chi connectivity index (χ2n) is 8.61. The van der Waals surface area contributed by atoms with Crippen LogP contribution in [0.2, 0.25) is 0 Å². The molecule has 0 aliphatic carbocycles. The van der Waals surface area contributed by atoms with E-state index in [2.05, 4.69) is 49.4 Å². The molecular weight excluding hydrogens is 466 g/mol. The molecule has 2 aromatic carbocycles. The SMILES string of the molecule is CCCCN(CCCC)S(=O)(=O)c1ccc(C(=O)N=c2sc3cc(C)cc(C)c3n2CC)cc1. The van der Waals surface area contributed by atoms with Gasteiger partial charge in [0.15, 0.2) is 4.80 Å². The maximum absolute atomic E-state index is 13.2. The highest BCUT2D eigenvalue weighted by Gasteiger charge is 2.23. The van der Waals surface area contributed by atoms with Gasteiger partial charge in [0.1, 0.15) is 0 Å². The molecule has 0 unspecified atom stereocenters. The summed E-state index contributed by atoms with van der Waals surface area (Å²) in [7, 11) is -3.59. The van der Waals surface area contributed by atoms with Gasteiger partial charge in [-0.1, -0.05) is 44.1 Å². The number of benzene rings is 2. The number of thiazole rings is 1. The number of rotatable bonds is 10. The highest BCUT2D eigenvalue weighted by atomic mass is 32.2. The minimum absolute atomic E-state index is 0.216. The quantitative estimate of drug-likeness (QED) is 0.359. The Labute approximate surface area is 207 Å². The largest absolute Gasteiger partial charge is 0.316 e. The summed E-state index contributed by atoms with van der Waals surface area (Å²) in [5, 5.41) is 0. The lowest BCUT2D eigenvalue weighted by Crippen LogP contribution is -2.33. The molecule has 0 fully saturated rings. The van der Waals surface area contributed by atoms with Crippen molar-refractivity contribution < 1.29 is 13.2 Å². The normalized spacial score (nSPS) is 12.7. The van der Waals surface area contributed by atoms with Crippen LogP contribution in [0.5, 0.6) is 0 Å². The maximum Gasteiger partial charge on any atom is 0.279 e. The summed E-state index contributed by atoms with van der Waals surface area (Å²) >= 11 is 1.50. The van der Waals surface area contributed by atoms with Crippen LogP contribution in [0.25, 0.3) is 10.2 Å². The molecule has 0 N–H and O–H groups in total. The molecule has 0 aliphatic rings. The fourth-order valence-corrected chi connectivity index (χ4v) is 6.85. The molecule has 6 nitrogen and oxygen atoms in total. The van der Waals surface area contributed by atoms with Crippen LogP contribution in [-0.4, -0.2) is 36.3 Å². The molecule has 8 heteroatoms. The van der Waals surface area contributed by atoms with E-state index in [1.807, 2.05) is 6.92 Å². The summed E-state index contributed by atoms with van der Waals surface area (Å²) in [5.74, 6) is -0.374. The lowest BCUT2D eigenvalue weighted by Gasteiger charge is -2.22. The Balaban J connectivity index is 1.92. The van der Waals surface area contributed by atoms with Crippen molar-refractivity contribution >= 4 is 37.5 Å². The number of sulfonamides is 1. The van der Waals surface area contributed by atoms with E-state index in [1.54, 1.807) is 16.4 Å². The van der Waals surface area contributed by atoms with Crippen LogP contribution in [0.15, 0.2) is 46.3 Å². The predicted molar refractivity (Wildman–Crippen MR) is 140 cm³/mol. The van der Waals surface area contributed by atoms with Gasteiger partial charge >= 0.3 is 0 Å². The number of hydrogen-bond acceptors (Lipinski definition) is 4. The van der Waals surface area contributed by atoms with Crippen LogP contribution < -0.4 is 4.80 Å². The average molecular weight is 502 g/mol. The molecule has 0 aliphatic heterocycles. The van der Waals surface area contributed by atoms with Gasteiger partial charge in [-0.3, -0.25) is 4.79 Å². The minimum atomic E-state index is -3.59.